The summed E-state index contributed by atoms with van der Waals surface area (Å²) in [5, 5.41) is 8.68. The SMILES string of the molecule is Cc1ccc(C(=O)O)cc1[S+](C)[O-]. The minimum atomic E-state index is -1.13. The first-order chi connectivity index (χ1) is 6.02. The molecule has 3 nitrogen and oxygen atoms in total. The smallest absolute Gasteiger partial charge is 0.335 e. The van der Waals surface area contributed by atoms with E-state index in [1.165, 1.54) is 18.4 Å². The summed E-state index contributed by atoms with van der Waals surface area (Å²) in [6, 6.07) is 4.63. The minimum Gasteiger partial charge on any atom is -0.612 e. The second-order valence-corrected chi connectivity index (χ2v) is 4.09. The molecule has 0 saturated heterocycles. The van der Waals surface area contributed by atoms with Gasteiger partial charge in [-0.2, -0.15) is 0 Å². The van der Waals surface area contributed by atoms with Crippen molar-refractivity contribution in [2.24, 2.45) is 0 Å². The molecule has 1 rings (SSSR count). The Balaban J connectivity index is 3.19. The molecule has 70 valence electrons. The maximum Gasteiger partial charge on any atom is 0.335 e. The lowest BCUT2D eigenvalue weighted by molar-refractivity contribution is 0.0696. The highest BCUT2D eigenvalue weighted by atomic mass is 32.2. The quantitative estimate of drug-likeness (QED) is 0.731. The predicted octanol–water partition coefficient (Wildman–Crippen LogP) is 1.43. The van der Waals surface area contributed by atoms with E-state index in [1.807, 2.05) is 6.92 Å². The van der Waals surface area contributed by atoms with Crippen molar-refractivity contribution >= 4 is 17.1 Å². The molecule has 1 atom stereocenters. The van der Waals surface area contributed by atoms with Crippen molar-refractivity contribution in [2.45, 2.75) is 11.8 Å². The molecule has 0 aromatic heterocycles. The van der Waals surface area contributed by atoms with Gasteiger partial charge in [-0.05, 0) is 24.2 Å². The maximum atomic E-state index is 11.2. The van der Waals surface area contributed by atoms with Crippen LogP contribution in [-0.4, -0.2) is 21.9 Å². The van der Waals surface area contributed by atoms with Crippen LogP contribution in [0, 0.1) is 6.92 Å². The first-order valence-electron chi connectivity index (χ1n) is 3.69. The molecule has 0 heterocycles. The van der Waals surface area contributed by atoms with E-state index >= 15 is 0 Å². The largest absolute Gasteiger partial charge is 0.612 e. The zero-order valence-corrected chi connectivity index (χ0v) is 8.22. The molecule has 1 aromatic rings. The predicted molar refractivity (Wildman–Crippen MR) is 50.5 cm³/mol. The van der Waals surface area contributed by atoms with Crippen molar-refractivity contribution in [3.8, 4) is 0 Å². The molecule has 1 unspecified atom stereocenters. The zero-order chi connectivity index (χ0) is 10.0. The number of carboxylic acids is 1. The first-order valence-corrected chi connectivity index (χ1v) is 5.25. The summed E-state index contributed by atoms with van der Waals surface area (Å²) >= 11 is -1.13. The summed E-state index contributed by atoms with van der Waals surface area (Å²) in [5.41, 5.74) is 1.03. The van der Waals surface area contributed by atoms with Gasteiger partial charge < -0.3 is 9.66 Å². The minimum absolute atomic E-state index is 0.177. The Labute approximate surface area is 79.6 Å². The van der Waals surface area contributed by atoms with Crippen LogP contribution in [0.3, 0.4) is 0 Å². The monoisotopic (exact) mass is 198 g/mol. The Morgan fingerprint density at radius 2 is 2.15 bits per heavy atom. The van der Waals surface area contributed by atoms with E-state index in [2.05, 4.69) is 0 Å². The van der Waals surface area contributed by atoms with E-state index in [0.717, 1.165) is 5.56 Å². The molecule has 0 radical (unpaired) electrons. The van der Waals surface area contributed by atoms with Crippen LogP contribution in [0.2, 0.25) is 0 Å². The number of hydrogen-bond acceptors (Lipinski definition) is 2. The molecule has 0 aliphatic heterocycles. The molecular weight excluding hydrogens is 188 g/mol. The van der Waals surface area contributed by atoms with E-state index in [9.17, 15) is 9.35 Å². The molecule has 13 heavy (non-hydrogen) atoms. The zero-order valence-electron chi connectivity index (χ0n) is 7.40. The maximum absolute atomic E-state index is 11.2. The van der Waals surface area contributed by atoms with Crippen molar-refractivity contribution < 1.29 is 14.5 Å². The van der Waals surface area contributed by atoms with E-state index in [0.29, 0.717) is 4.90 Å². The number of rotatable bonds is 2. The van der Waals surface area contributed by atoms with Gasteiger partial charge in [-0.25, -0.2) is 4.79 Å². The Hall–Kier alpha value is -1.00. The highest BCUT2D eigenvalue weighted by Crippen LogP contribution is 2.16. The van der Waals surface area contributed by atoms with Gasteiger partial charge >= 0.3 is 5.97 Å². The fraction of sp³-hybridized carbons (Fsp3) is 0.222. The van der Waals surface area contributed by atoms with Crippen molar-refractivity contribution in [3.05, 3.63) is 29.3 Å². The third kappa shape index (κ3) is 2.23. The third-order valence-electron chi connectivity index (χ3n) is 1.74. The Kier molecular flexibility index (Phi) is 2.95. The van der Waals surface area contributed by atoms with Crippen molar-refractivity contribution in [2.75, 3.05) is 6.26 Å². The average Bonchev–Trinajstić information content (AvgIpc) is 2.04. The Morgan fingerprint density at radius 3 is 2.62 bits per heavy atom. The number of aromatic carboxylic acids is 1. The normalized spacial score (nSPS) is 12.5. The second-order valence-electron chi connectivity index (χ2n) is 2.74. The second kappa shape index (κ2) is 3.81. The highest BCUT2D eigenvalue weighted by molar-refractivity contribution is 7.90. The number of carboxylic acid groups (broad SMARTS) is 1. The first kappa shape index (κ1) is 10.1. The van der Waals surface area contributed by atoms with Gasteiger partial charge in [0.25, 0.3) is 0 Å². The lowest BCUT2D eigenvalue weighted by Gasteiger charge is -2.07. The van der Waals surface area contributed by atoms with Crippen LogP contribution in [0.25, 0.3) is 0 Å². The van der Waals surface area contributed by atoms with Crippen LogP contribution in [0.5, 0.6) is 0 Å². The van der Waals surface area contributed by atoms with Crippen LogP contribution < -0.4 is 0 Å². The summed E-state index contributed by atoms with van der Waals surface area (Å²) in [5.74, 6) is -0.994. The van der Waals surface area contributed by atoms with E-state index < -0.39 is 17.1 Å². The van der Waals surface area contributed by atoms with Gasteiger partial charge in [0.05, 0.1) is 5.56 Å². The van der Waals surface area contributed by atoms with Gasteiger partial charge in [0.2, 0.25) is 0 Å². The Bertz CT molecular complexity index is 334. The van der Waals surface area contributed by atoms with Crippen molar-refractivity contribution in [1.29, 1.82) is 0 Å². The molecular formula is C9H10O3S. The number of carbonyl (C=O) groups is 1. The van der Waals surface area contributed by atoms with Gasteiger partial charge in [-0.1, -0.05) is 6.07 Å². The number of aryl methyl sites for hydroxylation is 1. The summed E-state index contributed by atoms with van der Waals surface area (Å²) in [6.07, 6.45) is 1.54. The van der Waals surface area contributed by atoms with Crippen molar-refractivity contribution in [1.82, 2.24) is 0 Å². The molecule has 0 bridgehead atoms. The van der Waals surface area contributed by atoms with Gasteiger partial charge in [0, 0.05) is 11.6 Å². The van der Waals surface area contributed by atoms with Crippen LogP contribution >= 0.6 is 0 Å². The molecule has 1 N–H and O–H groups in total. The topological polar surface area (TPSA) is 60.4 Å². The lowest BCUT2D eigenvalue weighted by Crippen LogP contribution is -2.04. The van der Waals surface area contributed by atoms with E-state index in [1.54, 1.807) is 6.07 Å². The van der Waals surface area contributed by atoms with Crippen molar-refractivity contribution in [3.63, 3.8) is 0 Å². The molecule has 0 saturated carbocycles. The van der Waals surface area contributed by atoms with Gasteiger partial charge in [-0.15, -0.1) is 0 Å². The van der Waals surface area contributed by atoms with Gasteiger partial charge in [-0.3, -0.25) is 0 Å². The van der Waals surface area contributed by atoms with E-state index in [-0.39, 0.29) is 5.56 Å². The molecule has 0 spiro atoms. The summed E-state index contributed by atoms with van der Waals surface area (Å²) in [4.78, 5) is 11.2. The van der Waals surface area contributed by atoms with Crippen LogP contribution in [0.15, 0.2) is 23.1 Å². The molecule has 1 aromatic carbocycles. The number of hydrogen-bond donors (Lipinski definition) is 1. The fourth-order valence-electron chi connectivity index (χ4n) is 1.04. The fourth-order valence-corrected chi connectivity index (χ4v) is 1.86. The molecule has 0 aliphatic rings. The lowest BCUT2D eigenvalue weighted by atomic mass is 10.1. The van der Waals surface area contributed by atoms with Gasteiger partial charge in [0.1, 0.15) is 6.26 Å². The molecule has 0 amide bonds. The summed E-state index contributed by atoms with van der Waals surface area (Å²) < 4.78 is 11.2. The molecule has 0 fully saturated rings. The molecule has 0 aliphatic carbocycles. The number of benzene rings is 1. The summed E-state index contributed by atoms with van der Waals surface area (Å²) in [6.45, 7) is 1.81. The Morgan fingerprint density at radius 1 is 1.54 bits per heavy atom. The standard InChI is InChI=1S/C9H10O3S/c1-6-3-4-7(9(10)11)5-8(6)13(2)12/h3-5H,1-2H3,(H,10,11). The van der Waals surface area contributed by atoms with Crippen LogP contribution in [0.1, 0.15) is 15.9 Å². The molecule has 4 heteroatoms. The highest BCUT2D eigenvalue weighted by Gasteiger charge is 2.12. The average molecular weight is 198 g/mol. The van der Waals surface area contributed by atoms with Crippen LogP contribution in [0.4, 0.5) is 0 Å². The summed E-state index contributed by atoms with van der Waals surface area (Å²) in [7, 11) is 0. The third-order valence-corrected chi connectivity index (χ3v) is 2.80. The van der Waals surface area contributed by atoms with Crippen LogP contribution in [-0.2, 0) is 11.2 Å². The van der Waals surface area contributed by atoms with Gasteiger partial charge in [0.15, 0.2) is 4.90 Å². The van der Waals surface area contributed by atoms with E-state index in [4.69, 9.17) is 5.11 Å².